The van der Waals surface area contributed by atoms with Gasteiger partial charge in [-0.25, -0.2) is 4.98 Å². The maximum Gasteiger partial charge on any atom is 0.268 e. The SMILES string of the molecule is C#Cc1cc2cnc(Nc3ccc(NC4CCN(C)C4)cc3)nc2n(C2Cc3ccccc3C(=O)C2(C)C)c1=O. The summed E-state index contributed by atoms with van der Waals surface area (Å²) in [6, 6.07) is 17.2. The lowest BCUT2D eigenvalue weighted by atomic mass is 9.69. The first-order chi connectivity index (χ1) is 19.2. The van der Waals surface area contributed by atoms with E-state index in [4.69, 9.17) is 11.4 Å². The van der Waals surface area contributed by atoms with Crippen molar-refractivity contribution < 1.29 is 4.79 Å². The average molecular weight is 533 g/mol. The van der Waals surface area contributed by atoms with Crippen molar-refractivity contribution in [3.63, 3.8) is 0 Å². The Labute approximate surface area is 233 Å². The fourth-order valence-corrected chi connectivity index (χ4v) is 5.94. The molecule has 2 aliphatic rings. The molecule has 1 fully saturated rings. The van der Waals surface area contributed by atoms with Crippen LogP contribution in [0.4, 0.5) is 17.3 Å². The third-order valence-corrected chi connectivity index (χ3v) is 8.24. The van der Waals surface area contributed by atoms with Crippen molar-refractivity contribution >= 4 is 34.1 Å². The first kappa shape index (κ1) is 25.8. The van der Waals surface area contributed by atoms with Crippen LogP contribution in [0.5, 0.6) is 0 Å². The van der Waals surface area contributed by atoms with Gasteiger partial charge in [-0.1, -0.05) is 44.0 Å². The summed E-state index contributed by atoms with van der Waals surface area (Å²) in [6.07, 6.45) is 9.02. The lowest BCUT2D eigenvalue weighted by Gasteiger charge is -2.39. The number of fused-ring (bicyclic) bond motifs is 2. The Morgan fingerprint density at radius 1 is 1.07 bits per heavy atom. The number of nitrogens with zero attached hydrogens (tertiary/aromatic N) is 4. The smallest absolute Gasteiger partial charge is 0.268 e. The molecule has 0 saturated carbocycles. The van der Waals surface area contributed by atoms with Crippen LogP contribution in [0.15, 0.2) is 65.6 Å². The van der Waals surface area contributed by atoms with E-state index >= 15 is 0 Å². The molecule has 1 aliphatic carbocycles. The third-order valence-electron chi connectivity index (χ3n) is 8.24. The standard InChI is InChI=1S/C32H32N6O2/c1-5-20-16-22-18-33-31(35-24-12-10-23(11-13-24)34-25-14-15-37(4)19-25)36-29(22)38(30(20)40)27-17-21-8-6-7-9-26(21)28(39)32(27,2)3/h1,6-13,16,18,25,27,34H,14-15,17,19H2,2-4H3,(H,33,35,36). The molecule has 0 amide bonds. The predicted molar refractivity (Wildman–Crippen MR) is 158 cm³/mol. The molecule has 2 N–H and O–H groups in total. The number of nitrogens with one attached hydrogen (secondary N) is 2. The second kappa shape index (κ2) is 9.92. The van der Waals surface area contributed by atoms with Gasteiger partial charge in [0.05, 0.1) is 11.6 Å². The van der Waals surface area contributed by atoms with Gasteiger partial charge in [-0.15, -0.1) is 6.42 Å². The van der Waals surface area contributed by atoms with Crippen LogP contribution < -0.4 is 16.2 Å². The van der Waals surface area contributed by atoms with Crippen LogP contribution in [0.2, 0.25) is 0 Å². The van der Waals surface area contributed by atoms with Gasteiger partial charge in [-0.2, -0.15) is 4.98 Å². The number of ketones is 1. The van der Waals surface area contributed by atoms with Crippen molar-refractivity contribution in [2.45, 2.75) is 38.8 Å². The number of Topliss-reactive ketones (excluding diaryl/α,β-unsaturated/α-hetero) is 1. The number of carbonyl (C=O) groups excluding carboxylic acids is 1. The quantitative estimate of drug-likeness (QED) is 0.362. The van der Waals surface area contributed by atoms with Crippen molar-refractivity contribution in [3.05, 3.63) is 87.8 Å². The monoisotopic (exact) mass is 532 g/mol. The topological polar surface area (TPSA) is 92.2 Å². The molecule has 8 nitrogen and oxygen atoms in total. The molecule has 2 atom stereocenters. The molecule has 202 valence electrons. The Kier molecular flexibility index (Phi) is 6.40. The number of carbonyl (C=O) groups is 1. The maximum atomic E-state index is 13.7. The fraction of sp³-hybridized carbons (Fsp3) is 0.312. The summed E-state index contributed by atoms with van der Waals surface area (Å²) in [5.41, 5.74) is 2.96. The number of likely N-dealkylation sites (N-methyl/N-ethyl adjacent to an activating group) is 1. The summed E-state index contributed by atoms with van der Waals surface area (Å²) < 4.78 is 1.61. The summed E-state index contributed by atoms with van der Waals surface area (Å²) in [6.45, 7) is 5.90. The summed E-state index contributed by atoms with van der Waals surface area (Å²) in [4.78, 5) is 38.9. The number of anilines is 3. The van der Waals surface area contributed by atoms with E-state index in [2.05, 4.69) is 33.5 Å². The largest absolute Gasteiger partial charge is 0.381 e. The van der Waals surface area contributed by atoms with E-state index in [0.29, 0.717) is 35.0 Å². The molecule has 4 aromatic rings. The van der Waals surface area contributed by atoms with Gasteiger partial charge < -0.3 is 15.5 Å². The zero-order valence-corrected chi connectivity index (χ0v) is 22.9. The molecular weight excluding hydrogens is 500 g/mol. The number of hydrogen-bond donors (Lipinski definition) is 2. The number of benzene rings is 2. The van der Waals surface area contributed by atoms with E-state index in [-0.39, 0.29) is 16.9 Å². The maximum absolute atomic E-state index is 13.7. The summed E-state index contributed by atoms with van der Waals surface area (Å²) >= 11 is 0. The first-order valence-electron chi connectivity index (χ1n) is 13.6. The van der Waals surface area contributed by atoms with Gasteiger partial charge in [-0.3, -0.25) is 14.2 Å². The van der Waals surface area contributed by atoms with Gasteiger partial charge in [0.15, 0.2) is 5.78 Å². The van der Waals surface area contributed by atoms with Crippen LogP contribution in [0.3, 0.4) is 0 Å². The number of hydrogen-bond acceptors (Lipinski definition) is 7. The van der Waals surface area contributed by atoms with Crippen LogP contribution in [0.25, 0.3) is 11.0 Å². The van der Waals surface area contributed by atoms with Crippen LogP contribution in [0, 0.1) is 17.8 Å². The highest BCUT2D eigenvalue weighted by Gasteiger charge is 2.44. The molecule has 2 aromatic heterocycles. The van der Waals surface area contributed by atoms with Crippen LogP contribution in [-0.2, 0) is 6.42 Å². The Morgan fingerprint density at radius 3 is 2.55 bits per heavy atom. The highest BCUT2D eigenvalue weighted by Crippen LogP contribution is 2.43. The molecule has 3 heterocycles. The molecule has 1 aliphatic heterocycles. The minimum absolute atomic E-state index is 0.00383. The van der Waals surface area contributed by atoms with Crippen molar-refractivity contribution in [2.75, 3.05) is 30.8 Å². The number of aromatic nitrogens is 3. The van der Waals surface area contributed by atoms with Crippen molar-refractivity contribution in [1.82, 2.24) is 19.4 Å². The van der Waals surface area contributed by atoms with Gasteiger partial charge in [0.2, 0.25) is 5.95 Å². The fourth-order valence-electron chi connectivity index (χ4n) is 5.94. The van der Waals surface area contributed by atoms with Crippen LogP contribution in [-0.4, -0.2) is 51.4 Å². The highest BCUT2D eigenvalue weighted by molar-refractivity contribution is 6.03. The molecule has 1 saturated heterocycles. The second-order valence-electron chi connectivity index (χ2n) is 11.4. The molecule has 8 heteroatoms. The van der Waals surface area contributed by atoms with Crippen molar-refractivity contribution in [2.24, 2.45) is 5.41 Å². The molecule has 0 spiro atoms. The zero-order chi connectivity index (χ0) is 28.0. The van der Waals surface area contributed by atoms with Crippen molar-refractivity contribution in [1.29, 1.82) is 0 Å². The summed E-state index contributed by atoms with van der Waals surface area (Å²) in [5.74, 6) is 2.86. The van der Waals surface area contributed by atoms with Gasteiger partial charge in [0.1, 0.15) is 5.65 Å². The normalized spacial score (nSPS) is 20.2. The van der Waals surface area contributed by atoms with E-state index in [1.54, 1.807) is 16.8 Å². The zero-order valence-electron chi connectivity index (χ0n) is 22.9. The van der Waals surface area contributed by atoms with E-state index in [9.17, 15) is 9.59 Å². The van der Waals surface area contributed by atoms with E-state index < -0.39 is 11.5 Å². The minimum atomic E-state index is -0.853. The molecule has 6 rings (SSSR count). The average Bonchev–Trinajstić information content (AvgIpc) is 3.36. The molecule has 0 radical (unpaired) electrons. The van der Waals surface area contributed by atoms with Gasteiger partial charge in [-0.05, 0) is 62.3 Å². The molecular formula is C32H32N6O2. The Bertz CT molecular complexity index is 1720. The minimum Gasteiger partial charge on any atom is -0.381 e. The Morgan fingerprint density at radius 2 is 1.82 bits per heavy atom. The molecule has 0 bridgehead atoms. The van der Waals surface area contributed by atoms with E-state index in [0.717, 1.165) is 36.4 Å². The van der Waals surface area contributed by atoms with Crippen molar-refractivity contribution in [3.8, 4) is 12.3 Å². The van der Waals surface area contributed by atoms with Gasteiger partial charge >= 0.3 is 0 Å². The van der Waals surface area contributed by atoms with Gasteiger partial charge in [0.25, 0.3) is 5.56 Å². The lowest BCUT2D eigenvalue weighted by Crippen LogP contribution is -2.44. The lowest BCUT2D eigenvalue weighted by molar-refractivity contribution is 0.0724. The Balaban J connectivity index is 1.36. The molecule has 40 heavy (non-hydrogen) atoms. The first-order valence-corrected chi connectivity index (χ1v) is 13.6. The van der Waals surface area contributed by atoms with Crippen LogP contribution in [0.1, 0.15) is 47.8 Å². The number of terminal acetylenes is 1. The summed E-state index contributed by atoms with van der Waals surface area (Å²) in [5, 5.41) is 7.49. The highest BCUT2D eigenvalue weighted by atomic mass is 16.1. The summed E-state index contributed by atoms with van der Waals surface area (Å²) in [7, 11) is 2.14. The van der Waals surface area contributed by atoms with Crippen LogP contribution >= 0.6 is 0 Å². The van der Waals surface area contributed by atoms with Gasteiger partial charge in [0, 0.05) is 46.5 Å². The Hall–Kier alpha value is -4.48. The molecule has 2 unspecified atom stereocenters. The predicted octanol–water partition coefficient (Wildman–Crippen LogP) is 4.64. The van der Waals surface area contributed by atoms with E-state index in [1.165, 1.54) is 0 Å². The number of rotatable bonds is 5. The third kappa shape index (κ3) is 4.52. The number of likely N-dealkylation sites (tertiary alicyclic amines) is 1. The number of pyridine rings is 1. The second-order valence-corrected chi connectivity index (χ2v) is 11.4. The molecule has 2 aromatic carbocycles. The van der Waals surface area contributed by atoms with E-state index in [1.807, 2.05) is 62.4 Å².